The van der Waals surface area contributed by atoms with Gasteiger partial charge in [-0.15, -0.1) is 24.0 Å². The minimum absolute atomic E-state index is 0. The number of nitrogens with one attached hydrogen (secondary N) is 2. The number of anilines is 1. The molecule has 0 aliphatic carbocycles. The van der Waals surface area contributed by atoms with E-state index in [2.05, 4.69) is 15.6 Å². The Morgan fingerprint density at radius 2 is 1.77 bits per heavy atom. The largest absolute Gasteiger partial charge is 0.490 e. The zero-order valence-electron chi connectivity index (χ0n) is 17.6. The molecule has 1 aliphatic heterocycles. The SMILES string of the molecule is CCNC(=NCc1ccc(C(=O)N(C)C)cc1)Nc1ccc2c(c1)OCCCO2.I. The van der Waals surface area contributed by atoms with E-state index in [9.17, 15) is 4.79 Å². The van der Waals surface area contributed by atoms with Crippen molar-refractivity contribution >= 4 is 41.5 Å². The Balaban J connectivity index is 0.00000320. The van der Waals surface area contributed by atoms with Crippen LogP contribution in [0.1, 0.15) is 29.3 Å². The van der Waals surface area contributed by atoms with Crippen LogP contribution in [-0.2, 0) is 6.54 Å². The van der Waals surface area contributed by atoms with Gasteiger partial charge in [0.15, 0.2) is 17.5 Å². The second kappa shape index (κ2) is 11.6. The highest BCUT2D eigenvalue weighted by atomic mass is 127. The predicted octanol–water partition coefficient (Wildman–Crippen LogP) is 3.75. The molecule has 3 rings (SSSR count). The summed E-state index contributed by atoms with van der Waals surface area (Å²) in [4.78, 5) is 18.2. The molecule has 162 valence electrons. The molecule has 2 aromatic carbocycles. The quantitative estimate of drug-likeness (QED) is 0.354. The molecule has 0 fully saturated rings. The lowest BCUT2D eigenvalue weighted by atomic mass is 10.1. The van der Waals surface area contributed by atoms with E-state index in [4.69, 9.17) is 9.47 Å². The van der Waals surface area contributed by atoms with Crippen molar-refractivity contribution in [3.05, 3.63) is 53.6 Å². The maximum Gasteiger partial charge on any atom is 0.253 e. The van der Waals surface area contributed by atoms with Crippen molar-refractivity contribution in [1.82, 2.24) is 10.2 Å². The van der Waals surface area contributed by atoms with Gasteiger partial charge in [0.25, 0.3) is 5.91 Å². The number of nitrogens with zero attached hydrogens (tertiary/aromatic N) is 2. The number of carbonyl (C=O) groups excluding carboxylic acids is 1. The molecule has 0 saturated carbocycles. The third kappa shape index (κ3) is 6.51. The summed E-state index contributed by atoms with van der Waals surface area (Å²) in [6.07, 6.45) is 0.875. The van der Waals surface area contributed by atoms with Crippen molar-refractivity contribution in [2.75, 3.05) is 39.2 Å². The molecule has 1 heterocycles. The number of hydrogen-bond acceptors (Lipinski definition) is 4. The van der Waals surface area contributed by atoms with Gasteiger partial charge in [-0.3, -0.25) is 4.79 Å². The highest BCUT2D eigenvalue weighted by Crippen LogP contribution is 2.32. The molecule has 0 aromatic heterocycles. The molecule has 0 unspecified atom stereocenters. The average molecular weight is 524 g/mol. The monoisotopic (exact) mass is 524 g/mol. The normalized spacial score (nSPS) is 13.0. The maximum atomic E-state index is 12.0. The number of benzene rings is 2. The Labute approximate surface area is 194 Å². The molecule has 0 bridgehead atoms. The van der Waals surface area contributed by atoms with Crippen LogP contribution in [0.2, 0.25) is 0 Å². The highest BCUT2D eigenvalue weighted by Gasteiger charge is 2.11. The molecular formula is C22H29IN4O3. The molecule has 0 saturated heterocycles. The van der Waals surface area contributed by atoms with Crippen LogP contribution in [0, 0.1) is 0 Å². The smallest absolute Gasteiger partial charge is 0.253 e. The van der Waals surface area contributed by atoms with Gasteiger partial charge in [-0.25, -0.2) is 4.99 Å². The molecule has 2 N–H and O–H groups in total. The summed E-state index contributed by atoms with van der Waals surface area (Å²) in [5.41, 5.74) is 2.57. The second-order valence-corrected chi connectivity index (χ2v) is 6.93. The van der Waals surface area contributed by atoms with Crippen molar-refractivity contribution in [1.29, 1.82) is 0 Å². The highest BCUT2D eigenvalue weighted by molar-refractivity contribution is 14.0. The van der Waals surface area contributed by atoms with Gasteiger partial charge in [-0.2, -0.15) is 0 Å². The van der Waals surface area contributed by atoms with Gasteiger partial charge in [-0.1, -0.05) is 12.1 Å². The third-order valence-corrected chi connectivity index (χ3v) is 4.38. The molecule has 2 aromatic rings. The lowest BCUT2D eigenvalue weighted by Crippen LogP contribution is -2.30. The van der Waals surface area contributed by atoms with E-state index < -0.39 is 0 Å². The van der Waals surface area contributed by atoms with Crippen LogP contribution in [0.3, 0.4) is 0 Å². The van der Waals surface area contributed by atoms with E-state index in [1.54, 1.807) is 19.0 Å². The van der Waals surface area contributed by atoms with Crippen molar-refractivity contribution in [2.45, 2.75) is 19.9 Å². The summed E-state index contributed by atoms with van der Waals surface area (Å²) in [5, 5.41) is 6.55. The molecule has 7 nitrogen and oxygen atoms in total. The van der Waals surface area contributed by atoms with Crippen LogP contribution < -0.4 is 20.1 Å². The van der Waals surface area contributed by atoms with Gasteiger partial charge >= 0.3 is 0 Å². The lowest BCUT2D eigenvalue weighted by Gasteiger charge is -2.14. The van der Waals surface area contributed by atoms with Gasteiger partial charge in [0.2, 0.25) is 0 Å². The first-order valence-corrected chi connectivity index (χ1v) is 9.82. The number of halogens is 1. The van der Waals surface area contributed by atoms with Crippen LogP contribution in [-0.4, -0.2) is 50.6 Å². The number of amides is 1. The van der Waals surface area contributed by atoms with E-state index in [0.29, 0.717) is 31.3 Å². The number of hydrogen-bond donors (Lipinski definition) is 2. The Morgan fingerprint density at radius 3 is 2.43 bits per heavy atom. The molecule has 0 spiro atoms. The first-order valence-electron chi connectivity index (χ1n) is 9.82. The Bertz CT molecular complexity index is 869. The zero-order valence-corrected chi connectivity index (χ0v) is 19.9. The van der Waals surface area contributed by atoms with Crippen molar-refractivity contribution in [2.24, 2.45) is 4.99 Å². The fraction of sp³-hybridized carbons (Fsp3) is 0.364. The predicted molar refractivity (Wildman–Crippen MR) is 130 cm³/mol. The first-order chi connectivity index (χ1) is 14.1. The minimum atomic E-state index is -0.00975. The van der Waals surface area contributed by atoms with Gasteiger partial charge < -0.3 is 25.0 Å². The molecule has 8 heteroatoms. The number of ether oxygens (including phenoxy) is 2. The minimum Gasteiger partial charge on any atom is -0.490 e. The zero-order chi connectivity index (χ0) is 20.6. The van der Waals surface area contributed by atoms with Crippen LogP contribution in [0.5, 0.6) is 11.5 Å². The van der Waals surface area contributed by atoms with Crippen LogP contribution in [0.15, 0.2) is 47.5 Å². The van der Waals surface area contributed by atoms with Crippen LogP contribution in [0.25, 0.3) is 0 Å². The van der Waals surface area contributed by atoms with Crippen LogP contribution in [0.4, 0.5) is 5.69 Å². The van der Waals surface area contributed by atoms with E-state index >= 15 is 0 Å². The fourth-order valence-corrected chi connectivity index (χ4v) is 2.87. The summed E-state index contributed by atoms with van der Waals surface area (Å²) in [6.45, 7) is 4.58. The van der Waals surface area contributed by atoms with Crippen molar-refractivity contribution in [3.8, 4) is 11.5 Å². The molecule has 1 aliphatic rings. The third-order valence-electron chi connectivity index (χ3n) is 4.38. The van der Waals surface area contributed by atoms with Crippen molar-refractivity contribution in [3.63, 3.8) is 0 Å². The number of rotatable bonds is 5. The lowest BCUT2D eigenvalue weighted by molar-refractivity contribution is 0.0827. The average Bonchev–Trinajstić information content (AvgIpc) is 2.97. The Kier molecular flexibility index (Phi) is 9.22. The number of guanidine groups is 1. The van der Waals surface area contributed by atoms with E-state index in [1.165, 1.54) is 0 Å². The van der Waals surface area contributed by atoms with Gasteiger partial charge in [0.1, 0.15) is 0 Å². The number of fused-ring (bicyclic) bond motifs is 1. The Hall–Kier alpha value is -2.49. The summed E-state index contributed by atoms with van der Waals surface area (Å²) in [5.74, 6) is 2.17. The molecule has 0 atom stereocenters. The van der Waals surface area contributed by atoms with Gasteiger partial charge in [0.05, 0.1) is 19.8 Å². The summed E-state index contributed by atoms with van der Waals surface area (Å²) < 4.78 is 11.4. The summed E-state index contributed by atoms with van der Waals surface area (Å²) in [6, 6.07) is 13.3. The number of carbonyl (C=O) groups is 1. The van der Waals surface area contributed by atoms with Gasteiger partial charge in [-0.05, 0) is 36.8 Å². The Morgan fingerprint density at radius 1 is 1.07 bits per heavy atom. The molecule has 30 heavy (non-hydrogen) atoms. The van der Waals surface area contributed by atoms with E-state index in [1.807, 2.05) is 49.4 Å². The molecule has 1 amide bonds. The maximum absolute atomic E-state index is 12.0. The van der Waals surface area contributed by atoms with Crippen molar-refractivity contribution < 1.29 is 14.3 Å². The second-order valence-electron chi connectivity index (χ2n) is 6.93. The van der Waals surface area contributed by atoms with E-state index in [0.717, 1.165) is 35.7 Å². The number of aliphatic imine (C=N–C) groups is 1. The van der Waals surface area contributed by atoms with Gasteiger partial charge in [0, 0.05) is 44.4 Å². The molecular weight excluding hydrogens is 495 g/mol. The standard InChI is InChI=1S/C22H28N4O3.HI/c1-4-23-22(24-15-16-6-8-17(9-7-16)21(27)26(2)3)25-18-10-11-19-20(14-18)29-13-5-12-28-19;/h6-11,14H,4-5,12-13,15H2,1-3H3,(H2,23,24,25);1H. The first kappa shape index (κ1) is 23.8. The summed E-state index contributed by atoms with van der Waals surface area (Å²) >= 11 is 0. The van der Waals surface area contributed by atoms with Crippen LogP contribution >= 0.6 is 24.0 Å². The van der Waals surface area contributed by atoms with E-state index in [-0.39, 0.29) is 29.9 Å². The molecule has 0 radical (unpaired) electrons. The topological polar surface area (TPSA) is 75.2 Å². The fourth-order valence-electron chi connectivity index (χ4n) is 2.87. The summed E-state index contributed by atoms with van der Waals surface area (Å²) in [7, 11) is 3.49.